The summed E-state index contributed by atoms with van der Waals surface area (Å²) >= 11 is 0. The van der Waals surface area contributed by atoms with Crippen molar-refractivity contribution in [2.24, 2.45) is 39.9 Å². The molecule has 47 heavy (non-hydrogen) atoms. The van der Waals surface area contributed by atoms with E-state index in [9.17, 15) is 19.5 Å². The number of hydrogen-bond donors (Lipinski definition) is 1. The van der Waals surface area contributed by atoms with Crippen LogP contribution in [0, 0.1) is 39.9 Å². The van der Waals surface area contributed by atoms with Gasteiger partial charge in [0.05, 0.1) is 37.1 Å². The Kier molecular flexibility index (Phi) is 8.68. The predicted octanol–water partition coefficient (Wildman–Crippen LogP) is 4.96. The molecule has 0 radical (unpaired) electrons. The summed E-state index contributed by atoms with van der Waals surface area (Å²) in [6, 6.07) is 0. The van der Waals surface area contributed by atoms with E-state index >= 15 is 0 Å². The summed E-state index contributed by atoms with van der Waals surface area (Å²) in [5.74, 6) is -2.49. The van der Waals surface area contributed by atoms with Crippen molar-refractivity contribution in [3.05, 3.63) is 46.8 Å². The number of esters is 3. The van der Waals surface area contributed by atoms with Crippen molar-refractivity contribution in [1.82, 2.24) is 0 Å². The van der Waals surface area contributed by atoms with Gasteiger partial charge in [-0.3, -0.25) is 4.79 Å². The lowest BCUT2D eigenvalue weighted by Crippen LogP contribution is -2.72. The van der Waals surface area contributed by atoms with E-state index in [1.807, 2.05) is 20.8 Å². The van der Waals surface area contributed by atoms with E-state index in [-0.39, 0.29) is 36.8 Å². The first-order chi connectivity index (χ1) is 22.1. The molecule has 1 N–H and O–H groups in total. The number of carbonyl (C=O) groups is 3. The number of allylic oxidation sites excluding steroid dienone is 3. The molecule has 3 aliphatic carbocycles. The second kappa shape index (κ2) is 12.0. The zero-order valence-corrected chi connectivity index (χ0v) is 29.0. The molecule has 13 atom stereocenters. The quantitative estimate of drug-likeness (QED) is 0.182. The van der Waals surface area contributed by atoms with Crippen molar-refractivity contribution < 1.29 is 47.9 Å². The lowest BCUT2D eigenvalue weighted by molar-refractivity contribution is -0.258. The van der Waals surface area contributed by atoms with Gasteiger partial charge >= 0.3 is 17.9 Å². The molecule has 13 unspecified atom stereocenters. The number of fused-ring (bicyclic) bond motifs is 4. The molecule has 10 nitrogen and oxygen atoms in total. The fourth-order valence-corrected chi connectivity index (χ4v) is 10.5. The van der Waals surface area contributed by atoms with Crippen molar-refractivity contribution in [3.8, 4) is 0 Å². The first-order valence-corrected chi connectivity index (χ1v) is 16.9. The highest BCUT2D eigenvalue weighted by atomic mass is 16.7. The summed E-state index contributed by atoms with van der Waals surface area (Å²) in [7, 11) is 1.62. The van der Waals surface area contributed by atoms with Crippen molar-refractivity contribution in [3.63, 3.8) is 0 Å². The van der Waals surface area contributed by atoms with E-state index in [0.717, 1.165) is 16.7 Å². The average molecular weight is 655 g/mol. The molecular formula is C37H50O10. The van der Waals surface area contributed by atoms with Crippen LogP contribution in [0.1, 0.15) is 74.7 Å². The highest BCUT2D eigenvalue weighted by molar-refractivity contribution is 5.88. The van der Waals surface area contributed by atoms with Gasteiger partial charge in [0, 0.05) is 53.8 Å². The van der Waals surface area contributed by atoms with E-state index in [1.54, 1.807) is 33.1 Å². The molecule has 258 valence electrons. The van der Waals surface area contributed by atoms with Crippen molar-refractivity contribution in [1.29, 1.82) is 0 Å². The smallest absolute Gasteiger partial charge is 0.333 e. The monoisotopic (exact) mass is 654 g/mol. The number of aliphatic hydroxyl groups is 1. The Morgan fingerprint density at radius 3 is 2.43 bits per heavy atom. The molecule has 0 aromatic rings. The Hall–Kier alpha value is -2.79. The summed E-state index contributed by atoms with van der Waals surface area (Å²) in [6.07, 6.45) is 3.72. The van der Waals surface area contributed by atoms with Crippen LogP contribution in [0.4, 0.5) is 0 Å². The van der Waals surface area contributed by atoms with Crippen LogP contribution < -0.4 is 0 Å². The molecule has 0 spiro atoms. The molecule has 0 aromatic heterocycles. The average Bonchev–Trinajstić information content (AvgIpc) is 3.67. The molecule has 6 rings (SSSR count). The third-order valence-electron chi connectivity index (χ3n) is 12.7. The normalized spacial score (nSPS) is 45.4. The summed E-state index contributed by atoms with van der Waals surface area (Å²) in [5.41, 5.74) is 0.924. The third kappa shape index (κ3) is 4.99. The fourth-order valence-electron chi connectivity index (χ4n) is 10.5. The number of ether oxygens (including phenoxy) is 6. The van der Waals surface area contributed by atoms with E-state index in [2.05, 4.69) is 20.8 Å². The second-order valence-corrected chi connectivity index (χ2v) is 15.4. The van der Waals surface area contributed by atoms with Gasteiger partial charge in [0.15, 0.2) is 6.29 Å². The molecule has 2 saturated carbocycles. The van der Waals surface area contributed by atoms with Crippen LogP contribution in [0.3, 0.4) is 0 Å². The first kappa shape index (κ1) is 34.1. The van der Waals surface area contributed by atoms with Gasteiger partial charge in [0.2, 0.25) is 0 Å². The van der Waals surface area contributed by atoms with Crippen LogP contribution in [0.5, 0.6) is 0 Å². The molecule has 3 heterocycles. The van der Waals surface area contributed by atoms with Crippen LogP contribution in [-0.4, -0.2) is 73.5 Å². The van der Waals surface area contributed by atoms with E-state index in [1.165, 1.54) is 12.3 Å². The van der Waals surface area contributed by atoms with Crippen LogP contribution in [-0.2, 0) is 42.8 Å². The predicted molar refractivity (Wildman–Crippen MR) is 170 cm³/mol. The largest absolute Gasteiger partial charge is 0.458 e. The molecule has 3 aliphatic heterocycles. The minimum atomic E-state index is -0.882. The van der Waals surface area contributed by atoms with Crippen molar-refractivity contribution >= 4 is 17.9 Å². The van der Waals surface area contributed by atoms with Gasteiger partial charge in [-0.25, -0.2) is 9.59 Å². The zero-order chi connectivity index (χ0) is 34.2. The molecule has 6 aliphatic rings. The van der Waals surface area contributed by atoms with Gasteiger partial charge in [-0.05, 0) is 64.5 Å². The maximum Gasteiger partial charge on any atom is 0.333 e. The Morgan fingerprint density at radius 2 is 1.81 bits per heavy atom. The van der Waals surface area contributed by atoms with Gasteiger partial charge in [-0.1, -0.05) is 38.0 Å². The lowest BCUT2D eigenvalue weighted by Gasteiger charge is -2.66. The SMILES string of the molecule is CC=C(C)C(=O)OC1C2OCC3(C)C(OC(=O)C=C(C)C)CC(O)C(C)(C23)C2CC(OC)OC3CC(C4C=COC4=O)C(C)=C3C12C. The molecule has 10 heteroatoms. The number of rotatable bonds is 6. The van der Waals surface area contributed by atoms with Crippen LogP contribution in [0.2, 0.25) is 0 Å². The van der Waals surface area contributed by atoms with Gasteiger partial charge in [0.25, 0.3) is 0 Å². The topological polar surface area (TPSA) is 127 Å². The molecule has 0 bridgehead atoms. The summed E-state index contributed by atoms with van der Waals surface area (Å²) in [6.45, 7) is 15.8. The maximum absolute atomic E-state index is 13.7. The highest BCUT2D eigenvalue weighted by Crippen LogP contribution is 2.72. The van der Waals surface area contributed by atoms with E-state index in [0.29, 0.717) is 18.4 Å². The van der Waals surface area contributed by atoms with E-state index < -0.39 is 70.9 Å². The third-order valence-corrected chi connectivity index (χ3v) is 12.7. The Labute approximate surface area is 277 Å². The van der Waals surface area contributed by atoms with Gasteiger partial charge in [-0.15, -0.1) is 0 Å². The van der Waals surface area contributed by atoms with Gasteiger partial charge < -0.3 is 33.5 Å². The summed E-state index contributed by atoms with van der Waals surface area (Å²) < 4.78 is 37.3. The fraction of sp³-hybridized carbons (Fsp3) is 0.703. The Morgan fingerprint density at radius 1 is 1.09 bits per heavy atom. The Bertz CT molecular complexity index is 1450. The van der Waals surface area contributed by atoms with Crippen molar-refractivity contribution in [2.45, 2.75) is 111 Å². The highest BCUT2D eigenvalue weighted by Gasteiger charge is 2.77. The van der Waals surface area contributed by atoms with Gasteiger partial charge in [0.1, 0.15) is 12.2 Å². The number of cyclic esters (lactones) is 1. The number of methoxy groups -OCH3 is 1. The summed E-state index contributed by atoms with van der Waals surface area (Å²) in [4.78, 5) is 39.5. The number of hydrogen-bond acceptors (Lipinski definition) is 10. The minimum absolute atomic E-state index is 0.182. The second-order valence-electron chi connectivity index (χ2n) is 15.4. The van der Waals surface area contributed by atoms with Crippen LogP contribution in [0.25, 0.3) is 0 Å². The maximum atomic E-state index is 13.7. The lowest BCUT2D eigenvalue weighted by atomic mass is 9.39. The molecular weight excluding hydrogens is 604 g/mol. The molecule has 4 fully saturated rings. The minimum Gasteiger partial charge on any atom is -0.458 e. The Balaban J connectivity index is 1.54. The van der Waals surface area contributed by atoms with Crippen LogP contribution >= 0.6 is 0 Å². The van der Waals surface area contributed by atoms with Gasteiger partial charge in [-0.2, -0.15) is 0 Å². The number of aliphatic hydroxyl groups excluding tert-OH is 1. The molecule has 0 amide bonds. The standard InChI is InChI=1S/C37H50O10/c1-10-19(4)33(40)47-32-30-31-35(6,17-44-30)26(46-27(39)13-18(2)3)16-25(38)36(31,7)24-15-28(42-9)45-23-14-22(21-11-12-43-34(21)41)20(5)29(23)37(24,32)8/h10-13,21-26,28,30-32,38H,14-17H2,1-9H3. The zero-order valence-electron chi connectivity index (χ0n) is 29.0. The summed E-state index contributed by atoms with van der Waals surface area (Å²) in [5, 5.41) is 12.3. The van der Waals surface area contributed by atoms with E-state index in [4.69, 9.17) is 28.4 Å². The number of carbonyl (C=O) groups excluding carboxylic acids is 3. The first-order valence-electron chi connectivity index (χ1n) is 16.9. The van der Waals surface area contributed by atoms with Crippen molar-refractivity contribution in [2.75, 3.05) is 13.7 Å². The molecule has 2 saturated heterocycles. The van der Waals surface area contributed by atoms with Crippen LogP contribution in [0.15, 0.2) is 46.8 Å². The molecule has 0 aromatic carbocycles.